The molecule has 0 aliphatic heterocycles. The standard InChI is InChI=1S/C15H27NS/c1-4-5-13-6-7-14(11-16)15(10-13)17-9-8-12(2)3/h12-15H,4-10H2,1-3H3. The molecule has 17 heavy (non-hydrogen) atoms. The third-order valence-electron chi connectivity index (χ3n) is 3.79. The zero-order valence-corrected chi connectivity index (χ0v) is 12.4. The highest BCUT2D eigenvalue weighted by molar-refractivity contribution is 7.99. The summed E-state index contributed by atoms with van der Waals surface area (Å²) >= 11 is 2.07. The first-order valence-electron chi connectivity index (χ1n) is 7.18. The van der Waals surface area contributed by atoms with Crippen molar-refractivity contribution in [1.82, 2.24) is 0 Å². The normalized spacial score (nSPS) is 29.2. The second-order valence-electron chi connectivity index (χ2n) is 5.80. The van der Waals surface area contributed by atoms with E-state index in [0.29, 0.717) is 11.2 Å². The minimum absolute atomic E-state index is 0.320. The molecule has 0 aromatic heterocycles. The van der Waals surface area contributed by atoms with Gasteiger partial charge in [0.15, 0.2) is 0 Å². The Kier molecular flexibility index (Phi) is 7.04. The SMILES string of the molecule is CCCC1CCC(C#N)C(SCCC(C)C)C1. The monoisotopic (exact) mass is 253 g/mol. The van der Waals surface area contributed by atoms with Gasteiger partial charge in [0.2, 0.25) is 0 Å². The van der Waals surface area contributed by atoms with Crippen LogP contribution in [0.4, 0.5) is 0 Å². The molecule has 0 radical (unpaired) electrons. The number of hydrogen-bond donors (Lipinski definition) is 0. The van der Waals surface area contributed by atoms with Gasteiger partial charge in [0.25, 0.3) is 0 Å². The second-order valence-corrected chi connectivity index (χ2v) is 7.14. The maximum Gasteiger partial charge on any atom is 0.0667 e. The smallest absolute Gasteiger partial charge is 0.0667 e. The van der Waals surface area contributed by atoms with Crippen LogP contribution in [0.15, 0.2) is 0 Å². The summed E-state index contributed by atoms with van der Waals surface area (Å²) in [5.41, 5.74) is 0. The van der Waals surface area contributed by atoms with E-state index < -0.39 is 0 Å². The Morgan fingerprint density at radius 2 is 2.12 bits per heavy atom. The molecule has 3 atom stereocenters. The van der Waals surface area contributed by atoms with Crippen molar-refractivity contribution in [2.75, 3.05) is 5.75 Å². The summed E-state index contributed by atoms with van der Waals surface area (Å²) in [4.78, 5) is 0. The minimum Gasteiger partial charge on any atom is -0.198 e. The van der Waals surface area contributed by atoms with Crippen LogP contribution >= 0.6 is 11.8 Å². The first-order valence-corrected chi connectivity index (χ1v) is 8.23. The van der Waals surface area contributed by atoms with Gasteiger partial charge in [0.1, 0.15) is 0 Å². The van der Waals surface area contributed by atoms with Crippen LogP contribution < -0.4 is 0 Å². The number of hydrogen-bond acceptors (Lipinski definition) is 2. The van der Waals surface area contributed by atoms with Gasteiger partial charge in [-0.25, -0.2) is 0 Å². The molecular formula is C15H27NS. The molecule has 1 nitrogen and oxygen atoms in total. The molecule has 0 N–H and O–H groups in total. The molecule has 0 heterocycles. The Balaban J connectivity index is 2.38. The van der Waals surface area contributed by atoms with Crippen LogP contribution in [-0.2, 0) is 0 Å². The lowest BCUT2D eigenvalue weighted by Gasteiger charge is -2.32. The Morgan fingerprint density at radius 3 is 2.71 bits per heavy atom. The van der Waals surface area contributed by atoms with Gasteiger partial charge >= 0.3 is 0 Å². The Morgan fingerprint density at radius 1 is 1.35 bits per heavy atom. The van der Waals surface area contributed by atoms with Crippen LogP contribution in [-0.4, -0.2) is 11.0 Å². The third-order valence-corrected chi connectivity index (χ3v) is 5.21. The van der Waals surface area contributed by atoms with Gasteiger partial charge in [-0.05, 0) is 43.3 Å². The number of thioether (sulfide) groups is 1. The van der Waals surface area contributed by atoms with E-state index in [2.05, 4.69) is 38.6 Å². The second kappa shape index (κ2) is 8.03. The topological polar surface area (TPSA) is 23.8 Å². The minimum atomic E-state index is 0.320. The van der Waals surface area contributed by atoms with E-state index in [9.17, 15) is 5.26 Å². The summed E-state index contributed by atoms with van der Waals surface area (Å²) in [7, 11) is 0. The van der Waals surface area contributed by atoms with Gasteiger partial charge < -0.3 is 0 Å². The Labute approximate surface area is 111 Å². The molecule has 2 heteroatoms. The van der Waals surface area contributed by atoms with Crippen LogP contribution in [0.2, 0.25) is 0 Å². The average Bonchev–Trinajstić information content (AvgIpc) is 2.29. The molecule has 0 spiro atoms. The fourth-order valence-electron chi connectivity index (χ4n) is 2.67. The van der Waals surface area contributed by atoms with Crippen molar-refractivity contribution in [3.8, 4) is 6.07 Å². The summed E-state index contributed by atoms with van der Waals surface area (Å²) in [6.45, 7) is 6.84. The van der Waals surface area contributed by atoms with Gasteiger partial charge in [0, 0.05) is 5.25 Å². The van der Waals surface area contributed by atoms with Gasteiger partial charge in [-0.2, -0.15) is 17.0 Å². The van der Waals surface area contributed by atoms with Crippen molar-refractivity contribution in [2.24, 2.45) is 17.8 Å². The van der Waals surface area contributed by atoms with Crippen LogP contribution in [0.3, 0.4) is 0 Å². The van der Waals surface area contributed by atoms with Crippen LogP contribution in [0, 0.1) is 29.1 Å². The molecule has 0 aromatic rings. The van der Waals surface area contributed by atoms with E-state index in [4.69, 9.17) is 0 Å². The van der Waals surface area contributed by atoms with Gasteiger partial charge in [-0.1, -0.05) is 33.6 Å². The molecule has 98 valence electrons. The van der Waals surface area contributed by atoms with Gasteiger partial charge in [0.05, 0.1) is 12.0 Å². The van der Waals surface area contributed by atoms with Crippen LogP contribution in [0.5, 0.6) is 0 Å². The van der Waals surface area contributed by atoms with Crippen molar-refractivity contribution >= 4 is 11.8 Å². The lowest BCUT2D eigenvalue weighted by Crippen LogP contribution is -2.26. The summed E-state index contributed by atoms with van der Waals surface area (Å²) in [6.07, 6.45) is 7.66. The van der Waals surface area contributed by atoms with Crippen LogP contribution in [0.25, 0.3) is 0 Å². The molecular weight excluding hydrogens is 226 g/mol. The molecule has 1 saturated carbocycles. The molecule has 0 saturated heterocycles. The summed E-state index contributed by atoms with van der Waals surface area (Å²) in [5.74, 6) is 3.23. The Bertz CT molecular complexity index is 244. The quantitative estimate of drug-likeness (QED) is 0.674. The highest BCUT2D eigenvalue weighted by atomic mass is 32.2. The fourth-order valence-corrected chi connectivity index (χ4v) is 4.42. The maximum atomic E-state index is 9.22. The molecule has 3 unspecified atom stereocenters. The van der Waals surface area contributed by atoms with Gasteiger partial charge in [-0.3, -0.25) is 0 Å². The molecule has 0 aromatic carbocycles. The highest BCUT2D eigenvalue weighted by Crippen LogP contribution is 2.38. The first-order chi connectivity index (χ1) is 8.17. The molecule has 0 amide bonds. The van der Waals surface area contributed by atoms with Crippen molar-refractivity contribution in [3.63, 3.8) is 0 Å². The van der Waals surface area contributed by atoms with E-state index in [1.54, 1.807) is 0 Å². The van der Waals surface area contributed by atoms with Crippen LogP contribution in [0.1, 0.15) is 59.3 Å². The number of rotatable bonds is 6. The Hall–Kier alpha value is -0.160. The predicted molar refractivity (Wildman–Crippen MR) is 77.1 cm³/mol. The van der Waals surface area contributed by atoms with Crippen molar-refractivity contribution in [3.05, 3.63) is 0 Å². The predicted octanol–water partition coefficient (Wildman–Crippen LogP) is 4.87. The lowest BCUT2D eigenvalue weighted by molar-refractivity contribution is 0.306. The zero-order valence-electron chi connectivity index (χ0n) is 11.6. The molecule has 1 rings (SSSR count). The molecule has 1 fully saturated rings. The lowest BCUT2D eigenvalue weighted by atomic mass is 9.80. The van der Waals surface area contributed by atoms with Gasteiger partial charge in [-0.15, -0.1) is 0 Å². The summed E-state index contributed by atoms with van der Waals surface area (Å²) in [5, 5.41) is 9.84. The first kappa shape index (κ1) is 14.9. The molecule has 1 aliphatic rings. The van der Waals surface area contributed by atoms with E-state index in [1.807, 2.05) is 0 Å². The number of nitriles is 1. The molecule has 0 bridgehead atoms. The summed E-state index contributed by atoms with van der Waals surface area (Å²) in [6, 6.07) is 2.53. The maximum absolute atomic E-state index is 9.22. The van der Waals surface area contributed by atoms with E-state index in [0.717, 1.165) is 18.3 Å². The zero-order chi connectivity index (χ0) is 12.7. The number of nitrogens with zero attached hydrogens (tertiary/aromatic N) is 1. The van der Waals surface area contributed by atoms with Crippen molar-refractivity contribution in [1.29, 1.82) is 5.26 Å². The van der Waals surface area contributed by atoms with Crippen molar-refractivity contribution in [2.45, 2.75) is 64.5 Å². The average molecular weight is 253 g/mol. The highest BCUT2D eigenvalue weighted by Gasteiger charge is 2.30. The van der Waals surface area contributed by atoms with E-state index in [-0.39, 0.29) is 0 Å². The fraction of sp³-hybridized carbons (Fsp3) is 0.933. The third kappa shape index (κ3) is 5.34. The van der Waals surface area contributed by atoms with E-state index >= 15 is 0 Å². The van der Waals surface area contributed by atoms with E-state index in [1.165, 1.54) is 37.9 Å². The molecule has 1 aliphatic carbocycles. The van der Waals surface area contributed by atoms with Crippen molar-refractivity contribution < 1.29 is 0 Å². The largest absolute Gasteiger partial charge is 0.198 e. The summed E-state index contributed by atoms with van der Waals surface area (Å²) < 4.78 is 0.